The summed E-state index contributed by atoms with van der Waals surface area (Å²) in [6.07, 6.45) is -2.76. The molecule has 2 saturated carbocycles. The van der Waals surface area contributed by atoms with E-state index in [-0.39, 0.29) is 40.6 Å². The fourth-order valence-electron chi connectivity index (χ4n) is 6.74. The first-order chi connectivity index (χ1) is 20.0. The van der Waals surface area contributed by atoms with Gasteiger partial charge in [0, 0.05) is 29.3 Å². The molecule has 2 aromatic carbocycles. The van der Waals surface area contributed by atoms with Crippen LogP contribution in [0.1, 0.15) is 66.7 Å². The maximum atomic E-state index is 13.6. The van der Waals surface area contributed by atoms with Crippen molar-refractivity contribution in [2.75, 3.05) is 13.7 Å². The molecule has 3 fully saturated rings. The van der Waals surface area contributed by atoms with Crippen LogP contribution in [0.25, 0.3) is 0 Å². The molecule has 4 aliphatic rings. The number of methoxy groups -OCH3 is 1. The number of carbonyl (C=O) groups is 1. The van der Waals surface area contributed by atoms with Gasteiger partial charge in [0.25, 0.3) is 5.91 Å². The number of hydrogen-bond donors (Lipinski definition) is 0. The Hall–Kier alpha value is -2.89. The van der Waals surface area contributed by atoms with Crippen LogP contribution >= 0.6 is 11.8 Å². The van der Waals surface area contributed by atoms with Gasteiger partial charge in [-0.25, -0.2) is 0 Å². The van der Waals surface area contributed by atoms with Crippen molar-refractivity contribution in [3.8, 4) is 11.5 Å². The summed E-state index contributed by atoms with van der Waals surface area (Å²) >= 11 is 1.66. The Morgan fingerprint density at radius 2 is 1.69 bits per heavy atom. The van der Waals surface area contributed by atoms with E-state index in [4.69, 9.17) is 9.47 Å². The fourth-order valence-corrected chi connectivity index (χ4v) is 8.30. The van der Waals surface area contributed by atoms with Crippen LogP contribution in [-0.4, -0.2) is 40.9 Å². The number of nitrogens with zero attached hydrogens (tertiary/aromatic N) is 2. The highest BCUT2D eigenvalue weighted by atomic mass is 32.2. The van der Waals surface area contributed by atoms with Gasteiger partial charge in [0.05, 0.1) is 24.2 Å². The van der Waals surface area contributed by atoms with Gasteiger partial charge in [0.1, 0.15) is 6.61 Å². The van der Waals surface area contributed by atoms with Crippen LogP contribution in [-0.2, 0) is 23.8 Å². The third kappa shape index (κ3) is 5.58. The number of piperidine rings is 1. The Bertz CT molecular complexity index is 1390. The van der Waals surface area contributed by atoms with E-state index < -0.39 is 35.6 Å². The van der Waals surface area contributed by atoms with Crippen molar-refractivity contribution in [2.24, 2.45) is 16.8 Å². The van der Waals surface area contributed by atoms with Gasteiger partial charge in [-0.3, -0.25) is 4.79 Å². The Morgan fingerprint density at radius 1 is 0.929 bits per heavy atom. The number of carbonyl (C=O) groups excluding carboxylic acids is 1. The molecular formula is C30H30F6N2O3S. The minimum atomic E-state index is -4.99. The molecule has 0 radical (unpaired) electrons. The molecule has 1 saturated heterocycles. The molecule has 6 rings (SSSR count). The number of alkyl halides is 6. The van der Waals surface area contributed by atoms with Gasteiger partial charge in [0.15, 0.2) is 16.7 Å². The van der Waals surface area contributed by atoms with Crippen LogP contribution in [0.2, 0.25) is 0 Å². The van der Waals surface area contributed by atoms with Crippen molar-refractivity contribution < 1.29 is 40.6 Å². The molecule has 0 N–H and O–H groups in total. The van der Waals surface area contributed by atoms with Crippen molar-refractivity contribution in [3.63, 3.8) is 0 Å². The summed E-state index contributed by atoms with van der Waals surface area (Å²) < 4.78 is 90.8. The Kier molecular flexibility index (Phi) is 7.64. The van der Waals surface area contributed by atoms with Gasteiger partial charge in [-0.15, -0.1) is 0 Å². The summed E-state index contributed by atoms with van der Waals surface area (Å²) in [5.41, 5.74) is -2.38. The third-order valence-electron chi connectivity index (χ3n) is 8.87. The molecule has 42 heavy (non-hydrogen) atoms. The number of hydrogen-bond acceptors (Lipinski definition) is 5. The number of ether oxygens (including phenoxy) is 2. The van der Waals surface area contributed by atoms with Crippen molar-refractivity contribution in [1.29, 1.82) is 0 Å². The highest BCUT2D eigenvalue weighted by Crippen LogP contribution is 2.59. The lowest BCUT2D eigenvalue weighted by Gasteiger charge is -2.45. The zero-order valence-electron chi connectivity index (χ0n) is 22.8. The zero-order valence-corrected chi connectivity index (χ0v) is 23.6. The Balaban J connectivity index is 1.16. The first-order valence-electron chi connectivity index (χ1n) is 14.1. The van der Waals surface area contributed by atoms with Crippen LogP contribution in [0, 0.1) is 11.8 Å². The van der Waals surface area contributed by atoms with Crippen molar-refractivity contribution in [2.45, 2.75) is 74.7 Å². The monoisotopic (exact) mass is 612 g/mol. The lowest BCUT2D eigenvalue weighted by atomic mass is 9.78. The maximum Gasteiger partial charge on any atom is 0.416 e. The summed E-state index contributed by atoms with van der Waals surface area (Å²) in [5.74, 6) is 0.610. The lowest BCUT2D eigenvalue weighted by molar-refractivity contribution is -0.143. The Labute approximate surface area is 243 Å². The van der Waals surface area contributed by atoms with Crippen LogP contribution in [0.3, 0.4) is 0 Å². The second-order valence-corrected chi connectivity index (χ2v) is 12.5. The van der Waals surface area contributed by atoms with E-state index in [0.29, 0.717) is 18.0 Å². The molecule has 0 spiro atoms. The number of amides is 1. The van der Waals surface area contributed by atoms with Gasteiger partial charge in [-0.1, -0.05) is 36.7 Å². The predicted molar refractivity (Wildman–Crippen MR) is 146 cm³/mol. The average molecular weight is 613 g/mol. The van der Waals surface area contributed by atoms with E-state index in [2.05, 4.69) is 9.89 Å². The molecule has 0 aromatic heterocycles. The molecule has 2 aliphatic heterocycles. The number of benzene rings is 2. The normalized spacial score (nSPS) is 27.6. The van der Waals surface area contributed by atoms with E-state index in [1.54, 1.807) is 30.0 Å². The second-order valence-electron chi connectivity index (χ2n) is 11.4. The molecular weight excluding hydrogens is 582 g/mol. The highest BCUT2D eigenvalue weighted by Gasteiger charge is 2.59. The van der Waals surface area contributed by atoms with Gasteiger partial charge in [0.2, 0.25) is 0 Å². The van der Waals surface area contributed by atoms with Gasteiger partial charge in [-0.05, 0) is 61.4 Å². The first kappa shape index (κ1) is 29.2. The molecule has 5 unspecified atom stereocenters. The highest BCUT2D eigenvalue weighted by molar-refractivity contribution is 8.14. The number of halogens is 6. The number of rotatable bonds is 5. The lowest BCUT2D eigenvalue weighted by Crippen LogP contribution is -2.49. The zero-order chi connectivity index (χ0) is 29.8. The van der Waals surface area contributed by atoms with Crippen LogP contribution in [0.15, 0.2) is 41.4 Å². The number of likely N-dealkylation sites (tertiary alicyclic amines) is 1. The number of fused-ring (bicyclic) bond motifs is 2. The SMILES string of the molecule is COc1cc(C2C3SC(N4CCCC5CCCCC54)=NC(=O)C32)ccc1OCc1ccc(C(F)(F)F)cc1C(F)(F)F. The first-order valence-corrected chi connectivity index (χ1v) is 15.0. The van der Waals surface area contributed by atoms with Crippen LogP contribution in [0.5, 0.6) is 11.5 Å². The topological polar surface area (TPSA) is 51.1 Å². The summed E-state index contributed by atoms with van der Waals surface area (Å²) in [6, 6.07) is 6.94. The molecule has 5 nitrogen and oxygen atoms in total. The van der Waals surface area contributed by atoms with E-state index in [0.717, 1.165) is 36.2 Å². The van der Waals surface area contributed by atoms with E-state index in [1.165, 1.54) is 32.8 Å². The smallest absolute Gasteiger partial charge is 0.416 e. The van der Waals surface area contributed by atoms with Crippen LogP contribution < -0.4 is 9.47 Å². The van der Waals surface area contributed by atoms with Crippen molar-refractivity contribution in [3.05, 3.63) is 58.7 Å². The molecule has 2 aromatic rings. The summed E-state index contributed by atoms with van der Waals surface area (Å²) in [6.45, 7) is 0.304. The standard InChI is InChI=1S/C30H30F6N2O3S/c1-40-23-13-17(9-11-22(23)41-15-18-8-10-19(29(31,32)33)14-20(18)30(34,35)36)24-25-26(24)42-28(37-27(25)39)38-12-4-6-16-5-2-3-7-21(16)38/h8-11,13-14,16,21,24-26H,2-7,12,15H2,1H3. The van der Waals surface area contributed by atoms with Gasteiger partial charge < -0.3 is 14.4 Å². The summed E-state index contributed by atoms with van der Waals surface area (Å²) in [4.78, 5) is 19.9. The number of aliphatic imine (C=N–C) groups is 1. The van der Waals surface area contributed by atoms with Gasteiger partial charge >= 0.3 is 12.4 Å². The molecule has 226 valence electrons. The molecule has 2 aliphatic carbocycles. The quantitative estimate of drug-likeness (QED) is 0.325. The number of thioether (sulfide) groups is 1. The molecule has 12 heteroatoms. The minimum absolute atomic E-state index is 0.0481. The maximum absolute atomic E-state index is 13.6. The minimum Gasteiger partial charge on any atom is -0.493 e. The second kappa shape index (κ2) is 11.0. The van der Waals surface area contributed by atoms with E-state index >= 15 is 0 Å². The third-order valence-corrected chi connectivity index (χ3v) is 10.3. The predicted octanol–water partition coefficient (Wildman–Crippen LogP) is 7.68. The molecule has 0 bridgehead atoms. The summed E-state index contributed by atoms with van der Waals surface area (Å²) in [5, 5.41) is 0.871. The largest absolute Gasteiger partial charge is 0.493 e. The van der Waals surface area contributed by atoms with E-state index in [9.17, 15) is 31.1 Å². The summed E-state index contributed by atoms with van der Waals surface area (Å²) in [7, 11) is 1.39. The molecule has 2 heterocycles. The van der Waals surface area contributed by atoms with Crippen molar-refractivity contribution in [1.82, 2.24) is 4.90 Å². The Morgan fingerprint density at radius 3 is 2.43 bits per heavy atom. The van der Waals surface area contributed by atoms with Crippen LogP contribution in [0.4, 0.5) is 26.3 Å². The number of amidine groups is 1. The molecule has 1 amide bonds. The van der Waals surface area contributed by atoms with E-state index in [1.807, 2.05) is 0 Å². The fraction of sp³-hybridized carbons (Fsp3) is 0.533. The average Bonchev–Trinajstić information content (AvgIpc) is 3.69. The van der Waals surface area contributed by atoms with Crippen molar-refractivity contribution >= 4 is 22.8 Å². The van der Waals surface area contributed by atoms with Gasteiger partial charge in [-0.2, -0.15) is 31.3 Å². The molecule has 5 atom stereocenters.